The highest BCUT2D eigenvalue weighted by molar-refractivity contribution is 6.35. The largest absolute Gasteiger partial charge is 0.310 e. The summed E-state index contributed by atoms with van der Waals surface area (Å²) in [6.07, 6.45) is 0. The van der Waals surface area contributed by atoms with E-state index in [-0.39, 0.29) is 0 Å². The highest BCUT2D eigenvalue weighted by Crippen LogP contribution is 2.30. The molecule has 1 aromatic heterocycles. The fraction of sp³-hybridized carbons (Fsp3) is 0. The topological polar surface area (TPSA) is 4.93 Å². The predicted molar refractivity (Wildman–Crippen MR) is 89.0 cm³/mol. The minimum atomic E-state index is 1.25. The molecule has 0 saturated carbocycles. The van der Waals surface area contributed by atoms with Crippen LogP contribution in [0.2, 0.25) is 0 Å². The normalized spacial score (nSPS) is 11.2. The molecule has 0 amide bonds. The van der Waals surface area contributed by atoms with Crippen molar-refractivity contribution in [1.82, 2.24) is 4.57 Å². The monoisotopic (exact) mass is 255 g/mol. The quantitative estimate of drug-likeness (QED) is 0.461. The van der Waals surface area contributed by atoms with Gasteiger partial charge in [0.05, 0.1) is 11.0 Å². The van der Waals surface area contributed by atoms with E-state index in [1.807, 2.05) is 0 Å². The highest BCUT2D eigenvalue weighted by atomic mass is 15.0. The van der Waals surface area contributed by atoms with E-state index in [1.165, 1.54) is 33.0 Å². The van der Waals surface area contributed by atoms with Crippen LogP contribution in [0.25, 0.3) is 27.5 Å². The Bertz CT molecular complexity index is 868. The maximum atomic E-state index is 2.36. The SMILES string of the molecule is Bc1ccccc1-n1c2ccccc2c2ccccc21. The van der Waals surface area contributed by atoms with Gasteiger partial charge in [0.15, 0.2) is 0 Å². The molecule has 0 saturated heterocycles. The van der Waals surface area contributed by atoms with Gasteiger partial charge in [0.2, 0.25) is 0 Å². The van der Waals surface area contributed by atoms with Crippen LogP contribution in [0.4, 0.5) is 0 Å². The first kappa shape index (κ1) is 11.4. The van der Waals surface area contributed by atoms with Crippen molar-refractivity contribution in [3.63, 3.8) is 0 Å². The molecule has 0 aliphatic carbocycles. The number of hydrogen-bond acceptors (Lipinski definition) is 0. The van der Waals surface area contributed by atoms with Crippen molar-refractivity contribution in [2.45, 2.75) is 0 Å². The van der Waals surface area contributed by atoms with Crippen LogP contribution in [0, 0.1) is 0 Å². The predicted octanol–water partition coefficient (Wildman–Crippen LogP) is 3.04. The van der Waals surface area contributed by atoms with Gasteiger partial charge < -0.3 is 4.57 Å². The van der Waals surface area contributed by atoms with E-state index < -0.39 is 0 Å². The van der Waals surface area contributed by atoms with Crippen molar-refractivity contribution in [1.29, 1.82) is 0 Å². The smallest absolute Gasteiger partial charge is 0.142 e. The van der Waals surface area contributed by atoms with Crippen molar-refractivity contribution in [2.24, 2.45) is 0 Å². The lowest BCUT2D eigenvalue weighted by molar-refractivity contribution is 1.19. The van der Waals surface area contributed by atoms with Crippen LogP contribution in [0.3, 0.4) is 0 Å². The maximum Gasteiger partial charge on any atom is 0.142 e. The van der Waals surface area contributed by atoms with Crippen LogP contribution in [0.1, 0.15) is 0 Å². The van der Waals surface area contributed by atoms with E-state index in [1.54, 1.807) is 0 Å². The Labute approximate surface area is 118 Å². The summed E-state index contributed by atoms with van der Waals surface area (Å²) in [6.45, 7) is 0. The van der Waals surface area contributed by atoms with Gasteiger partial charge in [0.25, 0.3) is 0 Å². The fourth-order valence-electron chi connectivity index (χ4n) is 3.00. The van der Waals surface area contributed by atoms with Gasteiger partial charge in [-0.2, -0.15) is 0 Å². The van der Waals surface area contributed by atoms with Gasteiger partial charge in [0.1, 0.15) is 7.85 Å². The molecule has 3 aromatic carbocycles. The van der Waals surface area contributed by atoms with Gasteiger partial charge in [-0.1, -0.05) is 60.1 Å². The Morgan fingerprint density at radius 3 is 1.70 bits per heavy atom. The first-order valence-electron chi connectivity index (χ1n) is 6.90. The van der Waals surface area contributed by atoms with E-state index in [0.717, 1.165) is 0 Å². The Morgan fingerprint density at radius 1 is 0.600 bits per heavy atom. The van der Waals surface area contributed by atoms with E-state index in [2.05, 4.69) is 85.2 Å². The van der Waals surface area contributed by atoms with E-state index in [9.17, 15) is 0 Å². The summed E-state index contributed by atoms with van der Waals surface area (Å²) in [5, 5.41) is 2.62. The number of fused-ring (bicyclic) bond motifs is 3. The van der Waals surface area contributed by atoms with Crippen LogP contribution in [-0.4, -0.2) is 12.4 Å². The first-order valence-corrected chi connectivity index (χ1v) is 6.90. The second kappa shape index (κ2) is 4.27. The lowest BCUT2D eigenvalue weighted by atomic mass is 9.94. The van der Waals surface area contributed by atoms with Gasteiger partial charge in [-0.3, -0.25) is 0 Å². The van der Waals surface area contributed by atoms with E-state index in [0.29, 0.717) is 0 Å². The van der Waals surface area contributed by atoms with Crippen LogP contribution in [0.15, 0.2) is 72.8 Å². The van der Waals surface area contributed by atoms with Gasteiger partial charge in [-0.25, -0.2) is 0 Å². The van der Waals surface area contributed by atoms with Crippen LogP contribution >= 0.6 is 0 Å². The number of hydrogen-bond donors (Lipinski definition) is 0. The van der Waals surface area contributed by atoms with Crippen LogP contribution in [-0.2, 0) is 0 Å². The molecule has 0 bridgehead atoms. The summed E-state index contributed by atoms with van der Waals surface area (Å²) in [4.78, 5) is 0. The zero-order valence-corrected chi connectivity index (χ0v) is 11.4. The summed E-state index contributed by atoms with van der Waals surface area (Å²) in [7, 11) is 2.17. The molecule has 2 heteroatoms. The molecule has 0 aliphatic rings. The van der Waals surface area contributed by atoms with Gasteiger partial charge >= 0.3 is 0 Å². The molecule has 1 nitrogen and oxygen atoms in total. The van der Waals surface area contributed by atoms with Crippen molar-refractivity contribution in [3.05, 3.63) is 72.8 Å². The minimum Gasteiger partial charge on any atom is -0.310 e. The van der Waals surface area contributed by atoms with Gasteiger partial charge in [-0.05, 0) is 18.2 Å². The number of benzene rings is 3. The zero-order valence-electron chi connectivity index (χ0n) is 11.4. The number of rotatable bonds is 1. The second-order valence-corrected chi connectivity index (χ2v) is 5.16. The molecule has 94 valence electrons. The standard InChI is InChI=1S/C18H14BN/c19-15-9-3-6-12-18(15)20-16-10-4-1-7-13(16)14-8-2-5-11-17(14)20/h1-12H,19H2. The fourth-order valence-corrected chi connectivity index (χ4v) is 3.00. The molecule has 4 aromatic rings. The Balaban J connectivity index is 2.24. The van der Waals surface area contributed by atoms with Crippen molar-refractivity contribution >= 4 is 35.1 Å². The van der Waals surface area contributed by atoms with Crippen LogP contribution < -0.4 is 5.46 Å². The molecule has 0 N–H and O–H groups in total. The molecule has 4 rings (SSSR count). The van der Waals surface area contributed by atoms with Crippen molar-refractivity contribution in [3.8, 4) is 5.69 Å². The van der Waals surface area contributed by atoms with Gasteiger partial charge in [-0.15, -0.1) is 0 Å². The molecule has 0 radical (unpaired) electrons. The lowest BCUT2D eigenvalue weighted by Crippen LogP contribution is -2.11. The molecule has 0 fully saturated rings. The minimum absolute atomic E-state index is 1.25. The number of nitrogens with zero attached hydrogens (tertiary/aromatic N) is 1. The van der Waals surface area contributed by atoms with Crippen molar-refractivity contribution in [2.75, 3.05) is 0 Å². The first-order chi connectivity index (χ1) is 9.86. The molecule has 0 aliphatic heterocycles. The third-order valence-corrected chi connectivity index (χ3v) is 3.94. The summed E-state index contributed by atoms with van der Waals surface area (Å²) in [5.74, 6) is 0. The molecule has 20 heavy (non-hydrogen) atoms. The Morgan fingerprint density at radius 2 is 1.10 bits per heavy atom. The van der Waals surface area contributed by atoms with Crippen LogP contribution in [0.5, 0.6) is 0 Å². The van der Waals surface area contributed by atoms with E-state index in [4.69, 9.17) is 0 Å². The maximum absolute atomic E-state index is 2.36. The second-order valence-electron chi connectivity index (χ2n) is 5.16. The average molecular weight is 255 g/mol. The summed E-state index contributed by atoms with van der Waals surface area (Å²) >= 11 is 0. The summed E-state index contributed by atoms with van der Waals surface area (Å²) in [6, 6.07) is 25.8. The molecular weight excluding hydrogens is 241 g/mol. The molecule has 0 unspecified atom stereocenters. The molecule has 0 atom stereocenters. The third kappa shape index (κ3) is 1.51. The third-order valence-electron chi connectivity index (χ3n) is 3.94. The summed E-state index contributed by atoms with van der Waals surface area (Å²) < 4.78 is 2.36. The lowest BCUT2D eigenvalue weighted by Gasteiger charge is -2.10. The summed E-state index contributed by atoms with van der Waals surface area (Å²) in [5.41, 5.74) is 5.08. The number of aromatic nitrogens is 1. The average Bonchev–Trinajstić information content (AvgIpc) is 2.83. The zero-order chi connectivity index (χ0) is 13.5. The highest BCUT2D eigenvalue weighted by Gasteiger charge is 2.11. The Kier molecular flexibility index (Phi) is 2.43. The molecule has 1 heterocycles. The Hall–Kier alpha value is -2.48. The molecular formula is C18H14BN. The van der Waals surface area contributed by atoms with E-state index >= 15 is 0 Å². The van der Waals surface area contributed by atoms with Gasteiger partial charge in [0, 0.05) is 16.5 Å². The van der Waals surface area contributed by atoms with Crippen molar-refractivity contribution < 1.29 is 0 Å². The molecule has 0 spiro atoms. The number of para-hydroxylation sites is 3.